The van der Waals surface area contributed by atoms with Crippen molar-refractivity contribution in [2.24, 2.45) is 0 Å². The lowest BCUT2D eigenvalue weighted by Gasteiger charge is -2.37. The first-order valence-electron chi connectivity index (χ1n) is 12.1. The van der Waals surface area contributed by atoms with Gasteiger partial charge in [0, 0.05) is 15.2 Å². The first kappa shape index (κ1) is 26.2. The molecule has 0 bridgehead atoms. The first-order chi connectivity index (χ1) is 17.2. The third kappa shape index (κ3) is 4.89. The predicted octanol–water partition coefficient (Wildman–Crippen LogP) is 8.47. The average molecular weight is 565 g/mol. The molecule has 1 fully saturated rings. The van der Waals surface area contributed by atoms with Crippen LogP contribution >= 0.6 is 27.5 Å². The number of esters is 1. The minimum Gasteiger partial charge on any atom is -0.464 e. The van der Waals surface area contributed by atoms with E-state index in [4.69, 9.17) is 16.3 Å². The topological polar surface area (TPSA) is 29.5 Å². The molecule has 1 heterocycles. The van der Waals surface area contributed by atoms with Gasteiger partial charge in [-0.15, -0.1) is 0 Å². The summed E-state index contributed by atoms with van der Waals surface area (Å²) in [5.41, 5.74) is 6.79. The fourth-order valence-corrected chi connectivity index (χ4v) is 5.79. The Balaban J connectivity index is 2.14. The number of carbonyl (C=O) groups is 1. The van der Waals surface area contributed by atoms with Crippen molar-refractivity contribution < 1.29 is 9.53 Å². The van der Waals surface area contributed by atoms with Crippen molar-refractivity contribution in [1.29, 1.82) is 0 Å². The van der Waals surface area contributed by atoms with Gasteiger partial charge in [-0.3, -0.25) is 0 Å². The number of ether oxygens (including phenoxy) is 1. The Morgan fingerprint density at radius 1 is 0.944 bits per heavy atom. The maximum atomic E-state index is 13.8. The van der Waals surface area contributed by atoms with Crippen LogP contribution in [0.4, 0.5) is 5.69 Å². The highest BCUT2D eigenvalue weighted by molar-refractivity contribution is 9.10. The van der Waals surface area contributed by atoms with Crippen LogP contribution in [0.1, 0.15) is 45.7 Å². The quantitative estimate of drug-likeness (QED) is 0.291. The molecule has 0 aromatic heterocycles. The summed E-state index contributed by atoms with van der Waals surface area (Å²) in [6, 6.07) is 25.6. The second-order valence-electron chi connectivity index (χ2n) is 9.60. The lowest BCUT2D eigenvalue weighted by molar-refractivity contribution is -0.143. The van der Waals surface area contributed by atoms with E-state index in [0.29, 0.717) is 11.6 Å². The van der Waals surface area contributed by atoms with E-state index in [1.807, 2.05) is 73.7 Å². The number of nitrogens with zero attached hydrogens (tertiary/aromatic N) is 1. The molecule has 1 unspecified atom stereocenters. The molecule has 0 aliphatic carbocycles. The predicted molar refractivity (Wildman–Crippen MR) is 153 cm³/mol. The molecule has 1 aliphatic heterocycles. The van der Waals surface area contributed by atoms with Crippen LogP contribution in [0.5, 0.6) is 0 Å². The van der Waals surface area contributed by atoms with Crippen molar-refractivity contribution in [3.8, 4) is 0 Å². The van der Waals surface area contributed by atoms with Crippen LogP contribution in [0.15, 0.2) is 100 Å². The minimum absolute atomic E-state index is 0.262. The molecule has 3 aromatic rings. The third-order valence-corrected chi connectivity index (χ3v) is 7.38. The van der Waals surface area contributed by atoms with Crippen LogP contribution in [0.3, 0.4) is 0 Å². The van der Waals surface area contributed by atoms with Gasteiger partial charge in [-0.05, 0) is 98.9 Å². The zero-order valence-electron chi connectivity index (χ0n) is 21.3. The molecule has 0 spiro atoms. The van der Waals surface area contributed by atoms with Gasteiger partial charge in [0.15, 0.2) is 6.04 Å². The number of allylic oxidation sites excluding steroid dienone is 1. The molecule has 1 atom stereocenters. The number of hydrogen-bond acceptors (Lipinski definition) is 3. The van der Waals surface area contributed by atoms with E-state index in [2.05, 4.69) is 60.7 Å². The van der Waals surface area contributed by atoms with E-state index >= 15 is 0 Å². The average Bonchev–Trinajstić information content (AvgIpc) is 3.09. The Hall–Kier alpha value is -2.82. The van der Waals surface area contributed by atoms with Gasteiger partial charge >= 0.3 is 5.97 Å². The lowest BCUT2D eigenvalue weighted by Crippen LogP contribution is -2.47. The van der Waals surface area contributed by atoms with E-state index < -0.39 is 11.6 Å². The van der Waals surface area contributed by atoms with Crippen molar-refractivity contribution in [2.45, 2.75) is 46.2 Å². The number of benzene rings is 3. The molecular weight excluding hydrogens is 534 g/mol. The van der Waals surface area contributed by atoms with Crippen LogP contribution in [-0.4, -0.2) is 24.2 Å². The Labute approximate surface area is 227 Å². The Morgan fingerprint density at radius 3 is 2.08 bits per heavy atom. The maximum absolute atomic E-state index is 13.8. The van der Waals surface area contributed by atoms with E-state index in [1.54, 1.807) is 0 Å². The van der Waals surface area contributed by atoms with E-state index in [0.717, 1.165) is 43.6 Å². The van der Waals surface area contributed by atoms with Crippen LogP contribution in [0.25, 0.3) is 5.57 Å². The van der Waals surface area contributed by atoms with Gasteiger partial charge in [0.1, 0.15) is 0 Å². The Morgan fingerprint density at radius 2 is 1.53 bits per heavy atom. The van der Waals surface area contributed by atoms with Crippen molar-refractivity contribution in [3.05, 3.63) is 116 Å². The van der Waals surface area contributed by atoms with Crippen molar-refractivity contribution >= 4 is 44.8 Å². The molecule has 0 saturated carbocycles. The summed E-state index contributed by atoms with van der Waals surface area (Å²) in [5.74, 6) is -0.262. The Kier molecular flexibility index (Phi) is 7.77. The third-order valence-electron chi connectivity index (χ3n) is 6.59. The van der Waals surface area contributed by atoms with Crippen molar-refractivity contribution in [3.63, 3.8) is 0 Å². The van der Waals surface area contributed by atoms with Crippen LogP contribution in [0.2, 0.25) is 5.02 Å². The molecule has 1 saturated heterocycles. The molecule has 3 aromatic carbocycles. The SMILES string of the molecule is CCOC(=O)C1/C(=C(/c2ccccc2)c2ccc(Cl)cc2)C(=C(C)C)C(C)(C)N1c1ccc(Br)cc1. The number of anilines is 1. The van der Waals surface area contributed by atoms with Gasteiger partial charge < -0.3 is 9.64 Å². The second-order valence-corrected chi connectivity index (χ2v) is 10.9. The molecule has 0 amide bonds. The van der Waals surface area contributed by atoms with Gasteiger partial charge in [0.2, 0.25) is 0 Å². The molecule has 4 rings (SSSR count). The summed E-state index contributed by atoms with van der Waals surface area (Å²) in [5, 5.41) is 0.670. The summed E-state index contributed by atoms with van der Waals surface area (Å²) >= 11 is 9.82. The molecule has 0 N–H and O–H groups in total. The van der Waals surface area contributed by atoms with Crippen molar-refractivity contribution in [1.82, 2.24) is 0 Å². The van der Waals surface area contributed by atoms with Crippen LogP contribution in [-0.2, 0) is 9.53 Å². The second kappa shape index (κ2) is 10.7. The normalized spacial score (nSPS) is 18.2. The highest BCUT2D eigenvalue weighted by Crippen LogP contribution is 2.50. The highest BCUT2D eigenvalue weighted by atomic mass is 79.9. The van der Waals surface area contributed by atoms with Gasteiger partial charge in [0.05, 0.1) is 12.1 Å². The summed E-state index contributed by atoms with van der Waals surface area (Å²) in [4.78, 5) is 16.0. The molecule has 3 nitrogen and oxygen atoms in total. The van der Waals surface area contributed by atoms with Gasteiger partial charge in [0.25, 0.3) is 0 Å². The highest BCUT2D eigenvalue weighted by Gasteiger charge is 2.52. The molecule has 5 heteroatoms. The monoisotopic (exact) mass is 563 g/mol. The van der Waals surface area contributed by atoms with Gasteiger partial charge in [-0.1, -0.05) is 75.6 Å². The fourth-order valence-electron chi connectivity index (χ4n) is 5.40. The summed E-state index contributed by atoms with van der Waals surface area (Å²) in [6.45, 7) is 10.8. The zero-order valence-corrected chi connectivity index (χ0v) is 23.7. The van der Waals surface area contributed by atoms with Gasteiger partial charge in [-0.2, -0.15) is 0 Å². The Bertz CT molecular complexity index is 1300. The molecular formula is C31H31BrClNO2. The zero-order chi connectivity index (χ0) is 26.0. The molecule has 36 heavy (non-hydrogen) atoms. The molecule has 1 aliphatic rings. The van der Waals surface area contributed by atoms with E-state index in [-0.39, 0.29) is 5.97 Å². The summed E-state index contributed by atoms with van der Waals surface area (Å²) in [7, 11) is 0. The lowest BCUT2D eigenvalue weighted by atomic mass is 9.82. The standard InChI is InChI=1S/C31H31BrClNO2/c1-6-36-30(35)29-27(26(21-10-8-7-9-11-21)22-12-16-24(33)17-13-22)28(20(2)3)31(4,5)34(29)25-18-14-23(32)15-19-25/h7-19,29H,6H2,1-5H3/b27-26-. The van der Waals surface area contributed by atoms with E-state index in [1.165, 1.54) is 0 Å². The molecule has 186 valence electrons. The first-order valence-corrected chi connectivity index (χ1v) is 13.3. The van der Waals surface area contributed by atoms with E-state index in [9.17, 15) is 4.79 Å². The fraction of sp³-hybridized carbons (Fsp3) is 0.258. The van der Waals surface area contributed by atoms with Crippen LogP contribution < -0.4 is 4.90 Å². The number of carbonyl (C=O) groups excluding carboxylic acids is 1. The minimum atomic E-state index is -0.628. The maximum Gasteiger partial charge on any atom is 0.333 e. The smallest absolute Gasteiger partial charge is 0.333 e. The number of halogens is 2. The summed E-state index contributed by atoms with van der Waals surface area (Å²) in [6.07, 6.45) is 0. The summed E-state index contributed by atoms with van der Waals surface area (Å²) < 4.78 is 6.71. The molecule has 0 radical (unpaired) electrons. The van der Waals surface area contributed by atoms with Crippen molar-refractivity contribution in [2.75, 3.05) is 11.5 Å². The van der Waals surface area contributed by atoms with Crippen LogP contribution in [0, 0.1) is 0 Å². The number of hydrogen-bond donors (Lipinski definition) is 0. The number of rotatable bonds is 5. The largest absolute Gasteiger partial charge is 0.464 e. The van der Waals surface area contributed by atoms with Gasteiger partial charge in [-0.25, -0.2) is 4.79 Å².